The van der Waals surface area contributed by atoms with Gasteiger partial charge in [-0.05, 0) is 17.8 Å². The summed E-state index contributed by atoms with van der Waals surface area (Å²) >= 11 is 7.54. The van der Waals surface area contributed by atoms with Gasteiger partial charge in [-0.25, -0.2) is 0 Å². The molecule has 0 fully saturated rings. The highest BCUT2D eigenvalue weighted by Gasteiger charge is 2.09. The molecule has 7 nitrogen and oxygen atoms in total. The van der Waals surface area contributed by atoms with Crippen molar-refractivity contribution >= 4 is 57.2 Å². The van der Waals surface area contributed by atoms with Crippen molar-refractivity contribution < 1.29 is 4.79 Å². The molecule has 120 valence electrons. The number of carbonyl (C=O) groups excluding carboxylic acids is 1. The Labute approximate surface area is 146 Å². The van der Waals surface area contributed by atoms with Crippen LogP contribution < -0.4 is 16.5 Å². The largest absolute Gasteiger partial charge is 0.375 e. The molecule has 0 aliphatic rings. The van der Waals surface area contributed by atoms with Gasteiger partial charge in [-0.15, -0.1) is 10.2 Å². The summed E-state index contributed by atoms with van der Waals surface area (Å²) in [5, 5.41) is 15.3. The van der Waals surface area contributed by atoms with E-state index < -0.39 is 0 Å². The third-order valence-corrected chi connectivity index (χ3v) is 4.50. The maximum atomic E-state index is 11.0. The van der Waals surface area contributed by atoms with Gasteiger partial charge in [0.2, 0.25) is 11.0 Å². The molecule has 1 heterocycles. The molecule has 23 heavy (non-hydrogen) atoms. The van der Waals surface area contributed by atoms with Crippen molar-refractivity contribution in [1.29, 1.82) is 0 Å². The number of nitrogens with two attached hydrogens (primary N) is 1. The number of anilines is 1. The fraction of sp³-hybridized carbons (Fsp3) is 0.154. The van der Waals surface area contributed by atoms with Crippen LogP contribution in [0.2, 0.25) is 0 Å². The lowest BCUT2D eigenvalue weighted by molar-refractivity contribution is -0.114. The molecule has 1 aromatic heterocycles. The van der Waals surface area contributed by atoms with Crippen LogP contribution in [0.5, 0.6) is 0 Å². The Balaban J connectivity index is 2.06. The number of nitrogens with one attached hydrogen (secondary N) is 2. The Hall–Kier alpha value is -2.04. The number of rotatable bonds is 6. The number of hydrazone groups is 1. The number of amides is 1. The molecule has 2 rings (SSSR count). The van der Waals surface area contributed by atoms with Gasteiger partial charge in [0, 0.05) is 12.7 Å². The van der Waals surface area contributed by atoms with E-state index in [-0.39, 0.29) is 11.0 Å². The van der Waals surface area contributed by atoms with Crippen LogP contribution in [-0.2, 0) is 4.79 Å². The molecular weight excluding hydrogens is 352 g/mol. The highest BCUT2D eigenvalue weighted by Crippen LogP contribution is 2.26. The van der Waals surface area contributed by atoms with Crippen molar-refractivity contribution in [3.63, 3.8) is 0 Å². The predicted molar refractivity (Wildman–Crippen MR) is 97.8 cm³/mol. The molecule has 1 aromatic carbocycles. The summed E-state index contributed by atoms with van der Waals surface area (Å²) < 4.78 is 0.729. The number of thiocarbonyl (C=S) groups is 1. The first-order valence-electron chi connectivity index (χ1n) is 6.46. The lowest BCUT2D eigenvalue weighted by Crippen LogP contribution is -2.26. The molecule has 0 saturated heterocycles. The molecule has 0 radical (unpaired) electrons. The van der Waals surface area contributed by atoms with Gasteiger partial charge in [-0.1, -0.05) is 53.4 Å². The van der Waals surface area contributed by atoms with Gasteiger partial charge < -0.3 is 11.1 Å². The van der Waals surface area contributed by atoms with Crippen LogP contribution in [0.3, 0.4) is 0 Å². The summed E-state index contributed by atoms with van der Waals surface area (Å²) in [4.78, 5) is 11.0. The van der Waals surface area contributed by atoms with E-state index in [2.05, 4.69) is 26.0 Å². The van der Waals surface area contributed by atoms with E-state index in [1.165, 1.54) is 30.0 Å². The number of thioether (sulfide) groups is 1. The predicted octanol–water partition coefficient (Wildman–Crippen LogP) is 1.83. The number of carbonyl (C=O) groups is 1. The van der Waals surface area contributed by atoms with E-state index >= 15 is 0 Å². The lowest BCUT2D eigenvalue weighted by atomic mass is 10.1. The molecular formula is C13H14N6OS3. The number of hydrogen-bond donors (Lipinski definition) is 3. The maximum Gasteiger partial charge on any atom is 0.223 e. The smallest absolute Gasteiger partial charge is 0.223 e. The molecule has 2 aromatic rings. The molecule has 0 spiro atoms. The Morgan fingerprint density at radius 3 is 2.78 bits per heavy atom. The highest BCUT2D eigenvalue weighted by atomic mass is 32.2. The Morgan fingerprint density at radius 1 is 1.39 bits per heavy atom. The summed E-state index contributed by atoms with van der Waals surface area (Å²) in [5.41, 5.74) is 9.76. The summed E-state index contributed by atoms with van der Waals surface area (Å²) in [5.74, 6) is 0.374. The molecule has 0 atom stereocenters. The summed E-state index contributed by atoms with van der Waals surface area (Å²) in [6, 6.07) is 9.68. The van der Waals surface area contributed by atoms with Crippen molar-refractivity contribution in [2.24, 2.45) is 10.8 Å². The molecule has 10 heteroatoms. The second kappa shape index (κ2) is 8.56. The van der Waals surface area contributed by atoms with Crippen LogP contribution in [0.1, 0.15) is 12.5 Å². The van der Waals surface area contributed by atoms with Gasteiger partial charge in [-0.2, -0.15) is 5.10 Å². The average molecular weight is 366 g/mol. The van der Waals surface area contributed by atoms with Crippen molar-refractivity contribution in [3.05, 3.63) is 35.9 Å². The molecule has 1 amide bonds. The van der Waals surface area contributed by atoms with Gasteiger partial charge in [0.1, 0.15) is 0 Å². The first-order chi connectivity index (χ1) is 11.0. The normalized spacial score (nSPS) is 11.1. The highest BCUT2D eigenvalue weighted by molar-refractivity contribution is 8.01. The van der Waals surface area contributed by atoms with Gasteiger partial charge in [-0.3, -0.25) is 10.2 Å². The summed E-state index contributed by atoms with van der Waals surface area (Å²) in [7, 11) is 0. The summed E-state index contributed by atoms with van der Waals surface area (Å²) in [6.07, 6.45) is 0. The number of nitrogens with zero attached hydrogens (tertiary/aromatic N) is 3. The molecule has 0 aliphatic heterocycles. The third kappa shape index (κ3) is 5.93. The fourth-order valence-electron chi connectivity index (χ4n) is 1.53. The SMILES string of the molecule is CC(=O)Nc1nnc(SCC(=NNC(N)=S)c2ccccc2)s1. The zero-order valence-corrected chi connectivity index (χ0v) is 14.6. The van der Waals surface area contributed by atoms with Gasteiger partial charge >= 0.3 is 0 Å². The standard InChI is InChI=1S/C13H14N6OS3/c1-8(20)15-12-18-19-13(23-12)22-7-10(16-17-11(14)21)9-5-3-2-4-6-9/h2-6H,7H2,1H3,(H3,14,17,21)(H,15,18,20). The topological polar surface area (TPSA) is 105 Å². The van der Waals surface area contributed by atoms with Crippen LogP contribution in [0, 0.1) is 0 Å². The van der Waals surface area contributed by atoms with E-state index in [0.29, 0.717) is 10.9 Å². The maximum absolute atomic E-state index is 11.0. The molecule has 0 saturated carbocycles. The Morgan fingerprint density at radius 2 is 2.13 bits per heavy atom. The van der Waals surface area contributed by atoms with Gasteiger partial charge in [0.05, 0.1) is 5.71 Å². The van der Waals surface area contributed by atoms with E-state index in [1.54, 1.807) is 0 Å². The van der Waals surface area contributed by atoms with Crippen LogP contribution in [0.25, 0.3) is 0 Å². The lowest BCUT2D eigenvalue weighted by Gasteiger charge is -2.06. The zero-order valence-electron chi connectivity index (χ0n) is 12.1. The van der Waals surface area contributed by atoms with Crippen LogP contribution in [-0.4, -0.2) is 32.7 Å². The van der Waals surface area contributed by atoms with E-state index in [9.17, 15) is 4.79 Å². The van der Waals surface area contributed by atoms with Crippen LogP contribution >= 0.6 is 35.3 Å². The number of aromatic nitrogens is 2. The molecule has 0 aliphatic carbocycles. The monoisotopic (exact) mass is 366 g/mol. The molecule has 0 bridgehead atoms. The van der Waals surface area contributed by atoms with Crippen LogP contribution in [0.15, 0.2) is 39.8 Å². The van der Waals surface area contributed by atoms with Gasteiger partial charge in [0.15, 0.2) is 9.45 Å². The first-order valence-corrected chi connectivity index (χ1v) is 8.67. The van der Waals surface area contributed by atoms with E-state index in [1.807, 2.05) is 30.3 Å². The number of benzene rings is 1. The van der Waals surface area contributed by atoms with E-state index in [4.69, 9.17) is 18.0 Å². The van der Waals surface area contributed by atoms with Crippen molar-refractivity contribution in [1.82, 2.24) is 15.6 Å². The minimum atomic E-state index is -0.176. The fourth-order valence-corrected chi connectivity index (χ4v) is 3.34. The van der Waals surface area contributed by atoms with Crippen molar-refractivity contribution in [2.75, 3.05) is 11.1 Å². The van der Waals surface area contributed by atoms with Crippen LogP contribution in [0.4, 0.5) is 5.13 Å². The third-order valence-electron chi connectivity index (χ3n) is 2.43. The second-order valence-corrected chi connectivity index (χ2v) is 6.88. The van der Waals surface area contributed by atoms with Gasteiger partial charge in [0.25, 0.3) is 0 Å². The van der Waals surface area contributed by atoms with Crippen molar-refractivity contribution in [2.45, 2.75) is 11.3 Å². The average Bonchev–Trinajstić information content (AvgIpc) is 2.94. The molecule has 0 unspecified atom stereocenters. The minimum Gasteiger partial charge on any atom is -0.375 e. The van der Waals surface area contributed by atoms with E-state index in [0.717, 1.165) is 15.6 Å². The quantitative estimate of drug-likeness (QED) is 0.235. The first kappa shape index (κ1) is 17.3. The number of hydrogen-bond acceptors (Lipinski definition) is 7. The van der Waals surface area contributed by atoms with Crippen molar-refractivity contribution in [3.8, 4) is 0 Å². The second-order valence-electron chi connectivity index (χ2n) is 4.24. The summed E-state index contributed by atoms with van der Waals surface area (Å²) in [6.45, 7) is 1.43. The molecule has 4 N–H and O–H groups in total. The minimum absolute atomic E-state index is 0.104. The Kier molecular flexibility index (Phi) is 6.44. The zero-order chi connectivity index (χ0) is 16.7. The Bertz CT molecular complexity index is 716.